The van der Waals surface area contributed by atoms with Gasteiger partial charge in [-0.2, -0.15) is 0 Å². The van der Waals surface area contributed by atoms with Crippen LogP contribution in [-0.2, 0) is 6.61 Å². The SMILES string of the molecule is CC(C)CCC(Nc1ccc(CO)cc1)C1CC1. The third-order valence-corrected chi connectivity index (χ3v) is 3.73. The third-order valence-electron chi connectivity index (χ3n) is 3.73. The van der Waals surface area contributed by atoms with Crippen molar-refractivity contribution in [3.8, 4) is 0 Å². The lowest BCUT2D eigenvalue weighted by atomic mass is 10.00. The summed E-state index contributed by atoms with van der Waals surface area (Å²) in [5.74, 6) is 1.66. The maximum atomic E-state index is 9.03. The molecule has 1 aliphatic carbocycles. The maximum absolute atomic E-state index is 9.03. The minimum atomic E-state index is 0.125. The van der Waals surface area contributed by atoms with Crippen molar-refractivity contribution in [2.24, 2.45) is 11.8 Å². The zero-order valence-corrected chi connectivity index (χ0v) is 11.5. The molecule has 2 rings (SSSR count). The number of rotatable bonds is 7. The Hall–Kier alpha value is -1.02. The van der Waals surface area contributed by atoms with Gasteiger partial charge in [-0.1, -0.05) is 26.0 Å². The van der Waals surface area contributed by atoms with E-state index in [0.717, 1.165) is 17.4 Å². The van der Waals surface area contributed by atoms with Crippen LogP contribution in [0.15, 0.2) is 24.3 Å². The third kappa shape index (κ3) is 4.02. The van der Waals surface area contributed by atoms with Gasteiger partial charge in [0.15, 0.2) is 0 Å². The summed E-state index contributed by atoms with van der Waals surface area (Å²) in [6, 6.07) is 8.78. The average Bonchev–Trinajstić information content (AvgIpc) is 3.19. The van der Waals surface area contributed by atoms with Gasteiger partial charge in [-0.3, -0.25) is 0 Å². The van der Waals surface area contributed by atoms with Gasteiger partial charge >= 0.3 is 0 Å². The van der Waals surface area contributed by atoms with E-state index >= 15 is 0 Å². The first-order chi connectivity index (χ1) is 8.69. The minimum Gasteiger partial charge on any atom is -0.392 e. The highest BCUT2D eigenvalue weighted by Gasteiger charge is 2.30. The van der Waals surface area contributed by atoms with E-state index in [9.17, 15) is 0 Å². The molecule has 0 spiro atoms. The molecule has 1 aliphatic rings. The molecule has 0 amide bonds. The van der Waals surface area contributed by atoms with Crippen LogP contribution in [0.5, 0.6) is 0 Å². The molecule has 1 fully saturated rings. The Balaban J connectivity index is 1.90. The van der Waals surface area contributed by atoms with E-state index in [1.54, 1.807) is 0 Å². The molecule has 0 heterocycles. The molecule has 2 nitrogen and oxygen atoms in total. The first kappa shape index (κ1) is 13.4. The Labute approximate surface area is 110 Å². The zero-order valence-electron chi connectivity index (χ0n) is 11.5. The number of nitrogens with one attached hydrogen (secondary N) is 1. The van der Waals surface area contributed by atoms with Crippen LogP contribution in [0.3, 0.4) is 0 Å². The Kier molecular flexibility index (Phi) is 4.65. The van der Waals surface area contributed by atoms with E-state index in [0.29, 0.717) is 6.04 Å². The van der Waals surface area contributed by atoms with Crippen molar-refractivity contribution in [1.82, 2.24) is 0 Å². The van der Waals surface area contributed by atoms with Crippen molar-refractivity contribution >= 4 is 5.69 Å². The van der Waals surface area contributed by atoms with Crippen molar-refractivity contribution in [2.45, 2.75) is 52.2 Å². The zero-order chi connectivity index (χ0) is 13.0. The van der Waals surface area contributed by atoms with Crippen molar-refractivity contribution in [3.05, 3.63) is 29.8 Å². The molecule has 1 unspecified atom stereocenters. The summed E-state index contributed by atoms with van der Waals surface area (Å²) in [7, 11) is 0. The van der Waals surface area contributed by atoms with Gasteiger partial charge in [-0.25, -0.2) is 0 Å². The van der Waals surface area contributed by atoms with Crippen LogP contribution in [0.4, 0.5) is 5.69 Å². The molecule has 2 N–H and O–H groups in total. The van der Waals surface area contributed by atoms with E-state index in [-0.39, 0.29) is 6.61 Å². The number of aliphatic hydroxyl groups is 1. The standard InChI is InChI=1S/C16H25NO/c1-12(2)3-10-16(14-6-7-14)17-15-8-4-13(11-18)5-9-15/h4-5,8-9,12,14,16-18H,3,6-7,10-11H2,1-2H3. The normalized spacial score (nSPS) is 16.9. The summed E-state index contributed by atoms with van der Waals surface area (Å²) >= 11 is 0. The van der Waals surface area contributed by atoms with Crippen LogP contribution >= 0.6 is 0 Å². The smallest absolute Gasteiger partial charge is 0.0681 e. The summed E-state index contributed by atoms with van der Waals surface area (Å²) in [6.45, 7) is 4.71. The first-order valence-electron chi connectivity index (χ1n) is 7.15. The second-order valence-electron chi connectivity index (χ2n) is 5.91. The van der Waals surface area contributed by atoms with Gasteiger partial charge in [-0.05, 0) is 55.2 Å². The van der Waals surface area contributed by atoms with Crippen LogP contribution in [-0.4, -0.2) is 11.1 Å². The molecule has 2 heteroatoms. The second-order valence-corrected chi connectivity index (χ2v) is 5.91. The molecule has 1 aromatic carbocycles. The molecule has 1 atom stereocenters. The fraction of sp³-hybridized carbons (Fsp3) is 0.625. The number of aliphatic hydroxyl groups excluding tert-OH is 1. The van der Waals surface area contributed by atoms with Crippen molar-refractivity contribution < 1.29 is 5.11 Å². The molecule has 0 aromatic heterocycles. The number of anilines is 1. The van der Waals surface area contributed by atoms with E-state index < -0.39 is 0 Å². The van der Waals surface area contributed by atoms with E-state index in [2.05, 4.69) is 31.3 Å². The minimum absolute atomic E-state index is 0.125. The van der Waals surface area contributed by atoms with E-state index in [1.165, 1.54) is 31.4 Å². The fourth-order valence-electron chi connectivity index (χ4n) is 2.36. The van der Waals surface area contributed by atoms with Crippen molar-refractivity contribution in [3.63, 3.8) is 0 Å². The molecule has 1 saturated carbocycles. The Morgan fingerprint density at radius 2 is 1.83 bits per heavy atom. The van der Waals surface area contributed by atoms with Crippen LogP contribution in [0.1, 0.15) is 45.1 Å². The quantitative estimate of drug-likeness (QED) is 0.768. The van der Waals surface area contributed by atoms with Gasteiger partial charge in [0.25, 0.3) is 0 Å². The van der Waals surface area contributed by atoms with Crippen LogP contribution in [0.2, 0.25) is 0 Å². The first-order valence-corrected chi connectivity index (χ1v) is 7.15. The van der Waals surface area contributed by atoms with E-state index in [4.69, 9.17) is 5.11 Å². The van der Waals surface area contributed by atoms with Gasteiger partial charge in [-0.15, -0.1) is 0 Å². The highest BCUT2D eigenvalue weighted by molar-refractivity contribution is 5.45. The van der Waals surface area contributed by atoms with Crippen LogP contribution < -0.4 is 5.32 Å². The fourth-order valence-corrected chi connectivity index (χ4v) is 2.36. The van der Waals surface area contributed by atoms with Gasteiger partial charge in [0.2, 0.25) is 0 Å². The second kappa shape index (κ2) is 6.24. The molecule has 0 radical (unpaired) electrons. The lowest BCUT2D eigenvalue weighted by Gasteiger charge is -2.20. The van der Waals surface area contributed by atoms with Gasteiger partial charge < -0.3 is 10.4 Å². The number of benzene rings is 1. The van der Waals surface area contributed by atoms with Crippen molar-refractivity contribution in [2.75, 3.05) is 5.32 Å². The summed E-state index contributed by atoms with van der Waals surface area (Å²) in [4.78, 5) is 0. The lowest BCUT2D eigenvalue weighted by Crippen LogP contribution is -2.22. The predicted molar refractivity (Wildman–Crippen MR) is 76.6 cm³/mol. The van der Waals surface area contributed by atoms with Gasteiger partial charge in [0.1, 0.15) is 0 Å². The average molecular weight is 247 g/mol. The Bertz CT molecular complexity index is 354. The van der Waals surface area contributed by atoms with Gasteiger partial charge in [0.05, 0.1) is 6.61 Å². The molecular formula is C16H25NO. The molecule has 0 saturated heterocycles. The Morgan fingerprint density at radius 3 is 2.33 bits per heavy atom. The van der Waals surface area contributed by atoms with E-state index in [1.807, 2.05) is 12.1 Å². The maximum Gasteiger partial charge on any atom is 0.0681 e. The molecule has 0 bridgehead atoms. The molecular weight excluding hydrogens is 222 g/mol. The molecule has 1 aromatic rings. The summed E-state index contributed by atoms with van der Waals surface area (Å²) in [5.41, 5.74) is 2.17. The highest BCUT2D eigenvalue weighted by atomic mass is 16.3. The molecule has 18 heavy (non-hydrogen) atoms. The van der Waals surface area contributed by atoms with Gasteiger partial charge in [0, 0.05) is 11.7 Å². The lowest BCUT2D eigenvalue weighted by molar-refractivity contribution is 0.282. The predicted octanol–water partition coefficient (Wildman–Crippen LogP) is 3.81. The molecule has 100 valence electrons. The summed E-state index contributed by atoms with van der Waals surface area (Å²) < 4.78 is 0. The molecule has 0 aliphatic heterocycles. The summed E-state index contributed by atoms with van der Waals surface area (Å²) in [6.07, 6.45) is 5.32. The van der Waals surface area contributed by atoms with Crippen LogP contribution in [0, 0.1) is 11.8 Å². The number of hydrogen-bond donors (Lipinski definition) is 2. The largest absolute Gasteiger partial charge is 0.392 e. The van der Waals surface area contributed by atoms with Crippen molar-refractivity contribution in [1.29, 1.82) is 0 Å². The highest BCUT2D eigenvalue weighted by Crippen LogP contribution is 2.36. The topological polar surface area (TPSA) is 32.3 Å². The summed E-state index contributed by atoms with van der Waals surface area (Å²) in [5, 5.41) is 12.7. The Morgan fingerprint density at radius 1 is 1.17 bits per heavy atom. The monoisotopic (exact) mass is 247 g/mol. The number of hydrogen-bond acceptors (Lipinski definition) is 2. The van der Waals surface area contributed by atoms with Crippen LogP contribution in [0.25, 0.3) is 0 Å².